The molecule has 2 fully saturated rings. The molecule has 3 aliphatic rings. The maximum Gasteiger partial charge on any atom is 0.254 e. The third-order valence-electron chi connectivity index (χ3n) is 6.03. The number of benzene rings is 1. The van der Waals surface area contributed by atoms with Crippen molar-refractivity contribution in [2.45, 2.75) is 39.7 Å². The number of nitrogens with zero attached hydrogens (tertiary/aromatic N) is 2. The lowest BCUT2D eigenvalue weighted by Gasteiger charge is -2.17. The van der Waals surface area contributed by atoms with Crippen molar-refractivity contribution in [2.24, 2.45) is 28.8 Å². The molecule has 0 aromatic heterocycles. The Morgan fingerprint density at radius 2 is 1.83 bits per heavy atom. The Kier molecular flexibility index (Phi) is 5.51. The largest absolute Gasteiger partial charge is 0.490 e. The van der Waals surface area contributed by atoms with E-state index in [1.165, 1.54) is 6.21 Å². The summed E-state index contributed by atoms with van der Waals surface area (Å²) in [7, 11) is 0. The first-order valence-corrected chi connectivity index (χ1v) is 11.0. The molecule has 2 aliphatic carbocycles. The van der Waals surface area contributed by atoms with E-state index in [1.807, 2.05) is 26.0 Å². The van der Waals surface area contributed by atoms with Crippen LogP contribution in [0.15, 0.2) is 33.9 Å². The summed E-state index contributed by atoms with van der Waals surface area (Å²) in [5.74, 6) is 0.736. The van der Waals surface area contributed by atoms with Crippen molar-refractivity contribution in [3.8, 4) is 11.5 Å². The summed E-state index contributed by atoms with van der Waals surface area (Å²) in [6.45, 7) is 6.47. The van der Waals surface area contributed by atoms with Gasteiger partial charge in [-0.25, -0.2) is 0 Å². The van der Waals surface area contributed by atoms with E-state index in [2.05, 4.69) is 40.1 Å². The van der Waals surface area contributed by atoms with Crippen molar-refractivity contribution in [3.63, 3.8) is 0 Å². The lowest BCUT2D eigenvalue weighted by atomic mass is 9.85. The maximum absolute atomic E-state index is 12.8. The van der Waals surface area contributed by atoms with Crippen molar-refractivity contribution in [3.05, 3.63) is 34.3 Å². The van der Waals surface area contributed by atoms with Gasteiger partial charge in [-0.1, -0.05) is 19.1 Å². The van der Waals surface area contributed by atoms with Crippen LogP contribution in [-0.4, -0.2) is 35.7 Å². The Labute approximate surface area is 179 Å². The van der Waals surface area contributed by atoms with Gasteiger partial charge in [-0.15, -0.1) is 0 Å². The molecule has 2 bridgehead atoms. The molecule has 0 unspecified atom stereocenters. The molecule has 0 spiro atoms. The molecule has 1 aromatic rings. The molecule has 6 nitrogen and oxygen atoms in total. The number of carbonyl (C=O) groups excluding carboxylic acids is 2. The summed E-state index contributed by atoms with van der Waals surface area (Å²) >= 11 is 3.54. The molecule has 2 amide bonds. The van der Waals surface area contributed by atoms with E-state index in [-0.39, 0.29) is 41.6 Å². The van der Waals surface area contributed by atoms with Crippen LogP contribution in [0.5, 0.6) is 11.5 Å². The Morgan fingerprint density at radius 3 is 2.41 bits per heavy atom. The van der Waals surface area contributed by atoms with E-state index in [0.29, 0.717) is 23.7 Å². The second kappa shape index (κ2) is 7.94. The molecule has 29 heavy (non-hydrogen) atoms. The fraction of sp³-hybridized carbons (Fsp3) is 0.500. The molecule has 1 saturated carbocycles. The number of amides is 2. The topological polar surface area (TPSA) is 68.2 Å². The van der Waals surface area contributed by atoms with E-state index in [9.17, 15) is 9.59 Å². The molecule has 0 radical (unpaired) electrons. The van der Waals surface area contributed by atoms with Crippen LogP contribution in [0.2, 0.25) is 0 Å². The highest BCUT2D eigenvalue weighted by Gasteiger charge is 2.59. The zero-order chi connectivity index (χ0) is 20.7. The van der Waals surface area contributed by atoms with Crippen molar-refractivity contribution in [2.75, 3.05) is 6.61 Å². The van der Waals surface area contributed by atoms with Gasteiger partial charge in [0, 0.05) is 10.0 Å². The number of hydrogen-bond acceptors (Lipinski definition) is 5. The van der Waals surface area contributed by atoms with Crippen LogP contribution in [0.3, 0.4) is 0 Å². The smallest absolute Gasteiger partial charge is 0.254 e. The Hall–Kier alpha value is -2.15. The molecule has 1 aliphatic heterocycles. The highest BCUT2D eigenvalue weighted by atomic mass is 79.9. The first-order chi connectivity index (χ1) is 13.9. The van der Waals surface area contributed by atoms with Crippen molar-refractivity contribution in [1.29, 1.82) is 0 Å². The molecule has 1 saturated heterocycles. The Morgan fingerprint density at radius 1 is 1.17 bits per heavy atom. The van der Waals surface area contributed by atoms with E-state index in [0.717, 1.165) is 22.3 Å². The number of hydrogen-bond donors (Lipinski definition) is 0. The van der Waals surface area contributed by atoms with Gasteiger partial charge in [0.05, 0.1) is 30.8 Å². The van der Waals surface area contributed by atoms with E-state index >= 15 is 0 Å². The minimum Gasteiger partial charge on any atom is -0.490 e. The normalized spacial score (nSPS) is 28.5. The lowest BCUT2D eigenvalue weighted by Crippen LogP contribution is -2.28. The number of ether oxygens (including phenoxy) is 2. The highest BCUT2D eigenvalue weighted by Crippen LogP contribution is 2.52. The number of rotatable bonds is 7. The molecule has 5 atom stereocenters. The average molecular weight is 461 g/mol. The second-order valence-corrected chi connectivity index (χ2v) is 8.68. The molecule has 1 heterocycles. The van der Waals surface area contributed by atoms with Crippen molar-refractivity contribution < 1.29 is 19.1 Å². The van der Waals surface area contributed by atoms with Crippen LogP contribution in [0.25, 0.3) is 0 Å². The van der Waals surface area contributed by atoms with Gasteiger partial charge in [-0.2, -0.15) is 10.1 Å². The maximum atomic E-state index is 12.8. The fourth-order valence-corrected chi connectivity index (χ4v) is 4.86. The molecular weight excluding hydrogens is 436 g/mol. The Bertz CT molecular complexity index is 867. The third kappa shape index (κ3) is 3.50. The average Bonchev–Trinajstić information content (AvgIpc) is 3.37. The van der Waals surface area contributed by atoms with Gasteiger partial charge >= 0.3 is 0 Å². The van der Waals surface area contributed by atoms with Gasteiger partial charge in [0.25, 0.3) is 11.8 Å². The third-order valence-corrected chi connectivity index (χ3v) is 6.71. The van der Waals surface area contributed by atoms with Crippen molar-refractivity contribution in [1.82, 2.24) is 5.01 Å². The standard InChI is InChI=1S/C22H25BrN2O4/c1-4-12(3)29-18-10-16(23)15(9-17(18)28-5-2)11-24-25-21(26)19-13-6-7-14(8-13)20(19)22(25)27/h6-7,9-14,19-20H,4-5,8H2,1-3H3/t12-,13-,14-,19-,20+/m0/s1. The zero-order valence-electron chi connectivity index (χ0n) is 16.8. The number of fused-ring (bicyclic) bond motifs is 5. The van der Waals surface area contributed by atoms with Gasteiger partial charge < -0.3 is 9.47 Å². The summed E-state index contributed by atoms with van der Waals surface area (Å²) in [4.78, 5) is 25.5. The minimum absolute atomic E-state index is 0.0591. The quantitative estimate of drug-likeness (QED) is 0.347. The monoisotopic (exact) mass is 460 g/mol. The SMILES string of the molecule is CCOc1cc(C=NN2C(=O)[C@@H]3[C@H](C2=O)[C@H]2C=C[C@H]3C2)c(Br)cc1O[C@@H](C)CC. The summed E-state index contributed by atoms with van der Waals surface area (Å²) in [5.41, 5.74) is 0.712. The number of imide groups is 1. The number of carbonyl (C=O) groups is 2. The van der Waals surface area contributed by atoms with Crippen LogP contribution < -0.4 is 9.47 Å². The van der Waals surface area contributed by atoms with E-state index < -0.39 is 0 Å². The van der Waals surface area contributed by atoms with Gasteiger partial charge in [0.1, 0.15) is 0 Å². The van der Waals surface area contributed by atoms with Gasteiger partial charge in [0.2, 0.25) is 0 Å². The molecule has 0 N–H and O–H groups in total. The first-order valence-electron chi connectivity index (χ1n) is 10.2. The van der Waals surface area contributed by atoms with Gasteiger partial charge in [-0.3, -0.25) is 9.59 Å². The first kappa shape index (κ1) is 20.1. The van der Waals surface area contributed by atoms with Crippen LogP contribution in [0, 0.1) is 23.7 Å². The predicted molar refractivity (Wildman–Crippen MR) is 113 cm³/mol. The van der Waals surface area contributed by atoms with E-state index in [4.69, 9.17) is 9.47 Å². The highest BCUT2D eigenvalue weighted by molar-refractivity contribution is 9.10. The minimum atomic E-state index is -0.247. The molecule has 1 aromatic carbocycles. The lowest BCUT2D eigenvalue weighted by molar-refractivity contribution is -0.140. The second-order valence-electron chi connectivity index (χ2n) is 7.82. The van der Waals surface area contributed by atoms with Gasteiger partial charge in [0.15, 0.2) is 11.5 Å². The number of halogens is 1. The van der Waals surface area contributed by atoms with Crippen LogP contribution in [0.1, 0.15) is 39.2 Å². The summed E-state index contributed by atoms with van der Waals surface area (Å²) in [6.07, 6.45) is 7.53. The van der Waals surface area contributed by atoms with Crippen molar-refractivity contribution >= 4 is 34.0 Å². The zero-order valence-corrected chi connectivity index (χ0v) is 18.4. The molecular formula is C22H25BrN2O4. The number of hydrazone groups is 1. The van der Waals surface area contributed by atoms with E-state index in [1.54, 1.807) is 0 Å². The summed E-state index contributed by atoms with van der Waals surface area (Å²) in [5, 5.41) is 5.31. The molecule has 7 heteroatoms. The number of allylic oxidation sites excluding steroid dienone is 2. The molecule has 4 rings (SSSR count). The van der Waals surface area contributed by atoms with Crippen LogP contribution in [-0.2, 0) is 9.59 Å². The molecule has 154 valence electrons. The van der Waals surface area contributed by atoms with Crippen LogP contribution in [0.4, 0.5) is 0 Å². The summed E-state index contributed by atoms with van der Waals surface area (Å²) < 4.78 is 12.4. The van der Waals surface area contributed by atoms with Crippen LogP contribution >= 0.6 is 15.9 Å². The fourth-order valence-electron chi connectivity index (χ4n) is 4.43. The van der Waals surface area contributed by atoms with Gasteiger partial charge in [-0.05, 0) is 66.6 Å². The Balaban J connectivity index is 1.57. The predicted octanol–water partition coefficient (Wildman–Crippen LogP) is 4.17. The summed E-state index contributed by atoms with van der Waals surface area (Å²) in [6, 6.07) is 3.65.